The maximum absolute atomic E-state index is 12.8. The van der Waals surface area contributed by atoms with E-state index in [0.717, 1.165) is 19.3 Å². The van der Waals surface area contributed by atoms with Crippen molar-refractivity contribution in [2.75, 3.05) is 13.3 Å². The molecule has 1 aromatic rings. The fourth-order valence-corrected chi connectivity index (χ4v) is 6.32. The number of nitrogens with zero attached hydrogens (tertiary/aromatic N) is 2. The number of hydrogen-bond acceptors (Lipinski definition) is 7. The van der Waals surface area contributed by atoms with E-state index in [2.05, 4.69) is 58.8 Å². The molecule has 35 heavy (non-hydrogen) atoms. The molecule has 0 saturated carbocycles. The van der Waals surface area contributed by atoms with Crippen molar-refractivity contribution in [2.45, 2.75) is 109 Å². The zero-order valence-corrected chi connectivity index (χ0v) is 24.3. The molecule has 5 atom stereocenters. The SMILES string of the molecule is CCCC[C@]1(CC)O[C@@H](n2ccc(=O)[nH]c2=O)C(O[Si](C)(C)C(C)(C)C)[C@H]1OP(C)OCCC#N. The molecule has 1 aliphatic rings. The minimum Gasteiger partial charge on any atom is -0.406 e. The van der Waals surface area contributed by atoms with E-state index in [1.165, 1.54) is 16.8 Å². The molecule has 11 heteroatoms. The van der Waals surface area contributed by atoms with Gasteiger partial charge in [-0.05, 0) is 31.0 Å². The maximum Gasteiger partial charge on any atom is 0.330 e. The molecule has 1 fully saturated rings. The van der Waals surface area contributed by atoms with Crippen molar-refractivity contribution in [2.24, 2.45) is 0 Å². The minimum absolute atomic E-state index is 0.0841. The maximum atomic E-state index is 12.8. The van der Waals surface area contributed by atoms with Crippen LogP contribution in [0.5, 0.6) is 0 Å². The third kappa shape index (κ3) is 7.12. The smallest absolute Gasteiger partial charge is 0.330 e. The van der Waals surface area contributed by atoms with Crippen molar-refractivity contribution >= 4 is 16.7 Å². The molecule has 0 amide bonds. The fourth-order valence-electron chi connectivity index (χ4n) is 4.01. The molecule has 0 bridgehead atoms. The van der Waals surface area contributed by atoms with Gasteiger partial charge >= 0.3 is 5.69 Å². The average molecular weight is 528 g/mol. The first-order valence-corrected chi connectivity index (χ1v) is 16.9. The fraction of sp³-hybridized carbons (Fsp3) is 0.792. The van der Waals surface area contributed by atoms with Crippen LogP contribution in [-0.2, 0) is 18.2 Å². The van der Waals surface area contributed by atoms with E-state index in [0.29, 0.717) is 6.42 Å². The van der Waals surface area contributed by atoms with E-state index in [4.69, 9.17) is 23.5 Å². The Morgan fingerprint density at radius 1 is 1.31 bits per heavy atom. The van der Waals surface area contributed by atoms with Gasteiger partial charge in [0.25, 0.3) is 5.56 Å². The van der Waals surface area contributed by atoms with Crippen molar-refractivity contribution in [3.8, 4) is 6.07 Å². The van der Waals surface area contributed by atoms with Crippen LogP contribution >= 0.6 is 8.38 Å². The van der Waals surface area contributed by atoms with Gasteiger partial charge in [0.05, 0.1) is 24.7 Å². The third-order valence-corrected chi connectivity index (χ3v) is 12.7. The lowest BCUT2D eigenvalue weighted by Gasteiger charge is -2.42. The molecule has 1 N–H and O–H groups in total. The molecular formula is C24H42N3O6PSi. The third-order valence-electron chi connectivity index (χ3n) is 7.12. The summed E-state index contributed by atoms with van der Waals surface area (Å²) in [4.78, 5) is 26.9. The summed E-state index contributed by atoms with van der Waals surface area (Å²) in [7, 11) is -3.65. The summed E-state index contributed by atoms with van der Waals surface area (Å²) < 4.78 is 27.5. The number of ether oxygens (including phenoxy) is 1. The first-order chi connectivity index (χ1) is 16.3. The average Bonchev–Trinajstić information content (AvgIpc) is 3.04. The molecule has 0 radical (unpaired) electrons. The van der Waals surface area contributed by atoms with Crippen molar-refractivity contribution in [3.63, 3.8) is 0 Å². The Morgan fingerprint density at radius 3 is 2.54 bits per heavy atom. The quantitative estimate of drug-likeness (QED) is 0.230. The van der Waals surface area contributed by atoms with E-state index in [1.807, 2.05) is 6.66 Å². The first-order valence-electron chi connectivity index (χ1n) is 12.4. The molecule has 0 aliphatic carbocycles. The van der Waals surface area contributed by atoms with E-state index >= 15 is 0 Å². The highest BCUT2D eigenvalue weighted by Crippen LogP contribution is 2.52. The Bertz CT molecular complexity index is 985. The van der Waals surface area contributed by atoms with Crippen LogP contribution < -0.4 is 11.2 Å². The summed E-state index contributed by atoms with van der Waals surface area (Å²) in [5.74, 6) is 0. The monoisotopic (exact) mass is 527 g/mol. The van der Waals surface area contributed by atoms with E-state index in [1.54, 1.807) is 0 Å². The zero-order valence-electron chi connectivity index (χ0n) is 22.4. The van der Waals surface area contributed by atoms with Crippen LogP contribution in [-0.4, -0.2) is 48.9 Å². The summed E-state index contributed by atoms with van der Waals surface area (Å²) in [5.41, 5.74) is -1.70. The topological polar surface area (TPSA) is 116 Å². The molecule has 2 heterocycles. The Morgan fingerprint density at radius 2 is 2.00 bits per heavy atom. The van der Waals surface area contributed by atoms with Crippen molar-refractivity contribution in [1.29, 1.82) is 5.26 Å². The van der Waals surface area contributed by atoms with Gasteiger partial charge in [-0.15, -0.1) is 0 Å². The minimum atomic E-state index is -2.33. The van der Waals surface area contributed by atoms with Crippen molar-refractivity contribution < 1.29 is 18.2 Å². The second kappa shape index (κ2) is 12.3. The van der Waals surface area contributed by atoms with Gasteiger partial charge in [0.15, 0.2) is 22.9 Å². The van der Waals surface area contributed by atoms with Crippen LogP contribution in [0.2, 0.25) is 18.1 Å². The molecule has 0 aromatic carbocycles. The number of aromatic amines is 1. The molecule has 9 nitrogen and oxygen atoms in total. The number of unbranched alkanes of at least 4 members (excludes halogenated alkanes) is 1. The van der Waals surface area contributed by atoms with Gasteiger partial charge in [-0.1, -0.05) is 47.5 Å². The first kappa shape index (κ1) is 29.9. The summed E-state index contributed by atoms with van der Waals surface area (Å²) >= 11 is 0. The molecule has 2 unspecified atom stereocenters. The number of nitriles is 1. The number of aromatic nitrogens is 2. The van der Waals surface area contributed by atoms with Gasteiger partial charge in [0.1, 0.15) is 12.2 Å². The number of rotatable bonds is 12. The lowest BCUT2D eigenvalue weighted by atomic mass is 9.87. The highest BCUT2D eigenvalue weighted by Gasteiger charge is 2.58. The van der Waals surface area contributed by atoms with Crippen LogP contribution in [0.4, 0.5) is 0 Å². The van der Waals surface area contributed by atoms with Gasteiger partial charge in [-0.2, -0.15) is 5.26 Å². The Balaban J connectivity index is 2.60. The van der Waals surface area contributed by atoms with Gasteiger partial charge in [0.2, 0.25) is 0 Å². The molecule has 1 aliphatic heterocycles. The van der Waals surface area contributed by atoms with Gasteiger partial charge in [-0.25, -0.2) is 4.79 Å². The van der Waals surface area contributed by atoms with Crippen LogP contribution in [0.1, 0.15) is 73.0 Å². The van der Waals surface area contributed by atoms with Gasteiger partial charge in [-0.3, -0.25) is 14.3 Å². The molecule has 0 spiro atoms. The van der Waals surface area contributed by atoms with Crippen LogP contribution in [0.25, 0.3) is 0 Å². The largest absolute Gasteiger partial charge is 0.406 e. The van der Waals surface area contributed by atoms with E-state index in [-0.39, 0.29) is 18.1 Å². The predicted octanol–water partition coefficient (Wildman–Crippen LogP) is 5.05. The Hall–Kier alpha value is -1.34. The number of H-pyrrole nitrogens is 1. The molecule has 2 rings (SSSR count). The lowest BCUT2D eigenvalue weighted by molar-refractivity contribution is -0.108. The molecular weight excluding hydrogens is 485 g/mol. The Kier molecular flexibility index (Phi) is 10.5. The van der Waals surface area contributed by atoms with Crippen LogP contribution in [0.3, 0.4) is 0 Å². The molecule has 198 valence electrons. The van der Waals surface area contributed by atoms with Crippen molar-refractivity contribution in [3.05, 3.63) is 33.1 Å². The summed E-state index contributed by atoms with van der Waals surface area (Å²) in [5, 5.41) is 8.79. The molecule has 1 saturated heterocycles. The van der Waals surface area contributed by atoms with Crippen molar-refractivity contribution in [1.82, 2.24) is 9.55 Å². The number of nitrogens with one attached hydrogen (secondary N) is 1. The van der Waals surface area contributed by atoms with E-state index < -0.39 is 52.0 Å². The highest BCUT2D eigenvalue weighted by atomic mass is 31.2. The van der Waals surface area contributed by atoms with Crippen LogP contribution in [0.15, 0.2) is 21.9 Å². The normalized spacial score (nSPS) is 26.0. The summed E-state index contributed by atoms with van der Waals surface area (Å²) in [6.45, 7) is 17.1. The second-order valence-electron chi connectivity index (χ2n) is 10.6. The Labute approximate surface area is 211 Å². The van der Waals surface area contributed by atoms with Gasteiger partial charge in [0, 0.05) is 18.9 Å². The molecule has 1 aromatic heterocycles. The number of hydrogen-bond donors (Lipinski definition) is 1. The van der Waals surface area contributed by atoms with Gasteiger partial charge < -0.3 is 18.2 Å². The highest BCUT2D eigenvalue weighted by molar-refractivity contribution is 7.46. The van der Waals surface area contributed by atoms with E-state index in [9.17, 15) is 9.59 Å². The standard InChI is InChI=1S/C24H42N3O6PSi/c1-9-11-14-24(10-2)20(32-34(6)30-17-12-15-25)19(33-35(7,8)23(3,4)5)21(31-24)27-16-13-18(28)26-22(27)29/h13,16,19-21H,9-12,14,17H2,1-8H3,(H,26,28,29)/t19?,20-,21-,24+,34?/m1/s1. The summed E-state index contributed by atoms with van der Waals surface area (Å²) in [6, 6.07) is 3.41. The second-order valence-corrected chi connectivity index (χ2v) is 16.7. The predicted molar refractivity (Wildman–Crippen MR) is 140 cm³/mol. The zero-order chi connectivity index (χ0) is 26.4. The van der Waals surface area contributed by atoms with Crippen LogP contribution in [0, 0.1) is 11.3 Å². The lowest BCUT2D eigenvalue weighted by Crippen LogP contribution is -2.51. The summed E-state index contributed by atoms with van der Waals surface area (Å²) in [6.07, 6.45) is 3.20.